The summed E-state index contributed by atoms with van der Waals surface area (Å²) in [4.78, 5) is 23.4. The number of nitrogens with one attached hydrogen (secondary N) is 2. The lowest BCUT2D eigenvalue weighted by atomic mass is 10.1. The van der Waals surface area contributed by atoms with E-state index < -0.39 is 5.91 Å². The van der Waals surface area contributed by atoms with E-state index in [9.17, 15) is 9.59 Å². The molecule has 2 aromatic carbocycles. The summed E-state index contributed by atoms with van der Waals surface area (Å²) in [5.41, 5.74) is 6.77. The van der Waals surface area contributed by atoms with E-state index in [1.807, 2.05) is 0 Å². The maximum Gasteiger partial charge on any atom is 0.250 e. The van der Waals surface area contributed by atoms with Gasteiger partial charge in [0, 0.05) is 17.4 Å². The van der Waals surface area contributed by atoms with Crippen LogP contribution in [0.4, 0.5) is 11.4 Å². The lowest BCUT2D eigenvalue weighted by Gasteiger charge is -2.11. The predicted molar refractivity (Wildman–Crippen MR) is 94.2 cm³/mol. The molecule has 0 bridgehead atoms. The highest BCUT2D eigenvalue weighted by molar-refractivity contribution is 6.00. The van der Waals surface area contributed by atoms with Crippen LogP contribution in [0.25, 0.3) is 0 Å². The molecule has 2 amide bonds. The van der Waals surface area contributed by atoms with E-state index in [2.05, 4.69) is 17.2 Å². The smallest absolute Gasteiger partial charge is 0.250 e. The summed E-state index contributed by atoms with van der Waals surface area (Å²) >= 11 is 0. The van der Waals surface area contributed by atoms with Gasteiger partial charge in [-0.05, 0) is 24.3 Å². The van der Waals surface area contributed by atoms with Crippen LogP contribution in [-0.2, 0) is 4.79 Å². The number of anilines is 2. The Morgan fingerprint density at radius 1 is 1.17 bits per heavy atom. The first kappa shape index (κ1) is 17.1. The number of carbonyl (C=O) groups is 2. The number of carbonyl (C=O) groups excluding carboxylic acids is 2. The van der Waals surface area contributed by atoms with Crippen molar-refractivity contribution in [1.82, 2.24) is 0 Å². The van der Waals surface area contributed by atoms with E-state index in [1.54, 1.807) is 54.6 Å². The molecule has 0 aliphatic heterocycles. The van der Waals surface area contributed by atoms with Gasteiger partial charge in [-0.25, -0.2) is 0 Å². The van der Waals surface area contributed by atoms with E-state index in [-0.39, 0.29) is 12.5 Å². The fraction of sp³-hybridized carbons (Fsp3) is 0.111. The van der Waals surface area contributed by atoms with Crippen LogP contribution in [-0.4, -0.2) is 25.0 Å². The molecule has 0 aliphatic rings. The second kappa shape index (κ2) is 8.38. The zero-order valence-electron chi connectivity index (χ0n) is 13.1. The Kier molecular flexibility index (Phi) is 5.96. The van der Waals surface area contributed by atoms with Gasteiger partial charge in [0.25, 0.3) is 5.91 Å². The molecule has 124 valence electrons. The summed E-state index contributed by atoms with van der Waals surface area (Å²) in [5.74, 6) is -0.166. The SMILES string of the molecule is C=CCOc1cccc(NC(=O)CNc2ccccc2C(N)=O)c1. The molecule has 0 saturated carbocycles. The summed E-state index contributed by atoms with van der Waals surface area (Å²) in [6.45, 7) is 3.98. The van der Waals surface area contributed by atoms with Crippen molar-refractivity contribution in [3.05, 3.63) is 66.7 Å². The predicted octanol–water partition coefficient (Wildman–Crippen LogP) is 2.40. The van der Waals surface area contributed by atoms with Crippen molar-refractivity contribution < 1.29 is 14.3 Å². The number of para-hydroxylation sites is 1. The second-order valence-corrected chi connectivity index (χ2v) is 4.94. The van der Waals surface area contributed by atoms with E-state index in [4.69, 9.17) is 10.5 Å². The van der Waals surface area contributed by atoms with Gasteiger partial charge >= 0.3 is 0 Å². The van der Waals surface area contributed by atoms with Gasteiger partial charge in [0.1, 0.15) is 12.4 Å². The van der Waals surface area contributed by atoms with Crippen LogP contribution >= 0.6 is 0 Å². The minimum absolute atomic E-state index is 0.00202. The fourth-order valence-electron chi connectivity index (χ4n) is 2.05. The number of hydrogen-bond donors (Lipinski definition) is 3. The summed E-state index contributed by atoms with van der Waals surface area (Å²) in [7, 11) is 0. The first-order valence-electron chi connectivity index (χ1n) is 7.36. The van der Waals surface area contributed by atoms with Gasteiger partial charge < -0.3 is 21.1 Å². The molecule has 0 aliphatic carbocycles. The van der Waals surface area contributed by atoms with Gasteiger partial charge in [-0.15, -0.1) is 0 Å². The van der Waals surface area contributed by atoms with Crippen LogP contribution in [0.3, 0.4) is 0 Å². The summed E-state index contributed by atoms with van der Waals surface area (Å²) in [6.07, 6.45) is 1.64. The van der Waals surface area contributed by atoms with Crippen molar-refractivity contribution in [1.29, 1.82) is 0 Å². The first-order chi connectivity index (χ1) is 11.6. The average Bonchev–Trinajstić information content (AvgIpc) is 2.58. The second-order valence-electron chi connectivity index (χ2n) is 4.94. The maximum absolute atomic E-state index is 12.0. The molecule has 4 N–H and O–H groups in total. The number of amides is 2. The Bertz CT molecular complexity index is 744. The molecule has 0 fully saturated rings. The zero-order chi connectivity index (χ0) is 17.4. The molecule has 0 saturated heterocycles. The topological polar surface area (TPSA) is 93.4 Å². The molecule has 2 rings (SSSR count). The molecular formula is C18H19N3O3. The van der Waals surface area contributed by atoms with Crippen LogP contribution in [0.15, 0.2) is 61.2 Å². The lowest BCUT2D eigenvalue weighted by Crippen LogP contribution is -2.23. The molecule has 0 aromatic heterocycles. The van der Waals surface area contributed by atoms with Crippen molar-refractivity contribution >= 4 is 23.2 Å². The van der Waals surface area contributed by atoms with Crippen molar-refractivity contribution in [2.45, 2.75) is 0 Å². The molecular weight excluding hydrogens is 306 g/mol. The largest absolute Gasteiger partial charge is 0.489 e. The molecule has 0 atom stereocenters. The Balaban J connectivity index is 1.94. The summed E-state index contributed by atoms with van der Waals surface area (Å²) in [5, 5.41) is 5.66. The molecule has 2 aromatic rings. The molecule has 24 heavy (non-hydrogen) atoms. The number of nitrogens with two attached hydrogens (primary N) is 1. The third-order valence-corrected chi connectivity index (χ3v) is 3.12. The highest BCUT2D eigenvalue weighted by atomic mass is 16.5. The van der Waals surface area contributed by atoms with Crippen molar-refractivity contribution in [3.63, 3.8) is 0 Å². The number of benzene rings is 2. The first-order valence-corrected chi connectivity index (χ1v) is 7.36. The minimum atomic E-state index is -0.550. The zero-order valence-corrected chi connectivity index (χ0v) is 13.1. The molecule has 0 unspecified atom stereocenters. The highest BCUT2D eigenvalue weighted by Crippen LogP contribution is 2.18. The quantitative estimate of drug-likeness (QED) is 0.650. The number of hydrogen-bond acceptors (Lipinski definition) is 4. The normalized spacial score (nSPS) is 9.83. The number of ether oxygens (including phenoxy) is 1. The van der Waals surface area contributed by atoms with E-state index in [0.717, 1.165) is 0 Å². The minimum Gasteiger partial charge on any atom is -0.489 e. The van der Waals surface area contributed by atoms with E-state index >= 15 is 0 Å². The molecule has 6 nitrogen and oxygen atoms in total. The monoisotopic (exact) mass is 325 g/mol. The molecule has 0 heterocycles. The average molecular weight is 325 g/mol. The van der Waals surface area contributed by atoms with E-state index in [0.29, 0.717) is 29.3 Å². The third-order valence-electron chi connectivity index (χ3n) is 3.12. The molecule has 0 radical (unpaired) electrons. The Labute approximate surface area is 140 Å². The third kappa shape index (κ3) is 4.88. The fourth-order valence-corrected chi connectivity index (χ4v) is 2.05. The summed E-state index contributed by atoms with van der Waals surface area (Å²) in [6, 6.07) is 13.8. The van der Waals surface area contributed by atoms with Gasteiger partial charge in [0.15, 0.2) is 0 Å². The Morgan fingerprint density at radius 2 is 1.96 bits per heavy atom. The maximum atomic E-state index is 12.0. The Hall–Kier alpha value is -3.28. The van der Waals surface area contributed by atoms with Crippen LogP contribution in [0, 0.1) is 0 Å². The Morgan fingerprint density at radius 3 is 2.71 bits per heavy atom. The van der Waals surface area contributed by atoms with Crippen molar-refractivity contribution in [2.24, 2.45) is 5.73 Å². The van der Waals surface area contributed by atoms with Gasteiger partial charge in [-0.2, -0.15) is 0 Å². The van der Waals surface area contributed by atoms with Gasteiger partial charge in [0.05, 0.1) is 12.1 Å². The van der Waals surface area contributed by atoms with Gasteiger partial charge in [0.2, 0.25) is 5.91 Å². The standard InChI is InChI=1S/C18H19N3O3/c1-2-10-24-14-7-5-6-13(11-14)21-17(22)12-20-16-9-4-3-8-15(16)18(19)23/h2-9,11,20H,1,10,12H2,(H2,19,23)(H,21,22). The van der Waals surface area contributed by atoms with E-state index in [1.165, 1.54) is 0 Å². The lowest BCUT2D eigenvalue weighted by molar-refractivity contribution is -0.114. The van der Waals surface area contributed by atoms with Crippen molar-refractivity contribution in [3.8, 4) is 5.75 Å². The molecule has 0 spiro atoms. The number of rotatable bonds is 8. The van der Waals surface area contributed by atoms with Gasteiger partial charge in [-0.1, -0.05) is 30.9 Å². The molecule has 6 heteroatoms. The van der Waals surface area contributed by atoms with Crippen LogP contribution in [0.2, 0.25) is 0 Å². The number of primary amides is 1. The van der Waals surface area contributed by atoms with Crippen LogP contribution in [0.1, 0.15) is 10.4 Å². The van der Waals surface area contributed by atoms with Gasteiger partial charge in [-0.3, -0.25) is 9.59 Å². The summed E-state index contributed by atoms with van der Waals surface area (Å²) < 4.78 is 5.41. The van der Waals surface area contributed by atoms with Crippen LogP contribution in [0.5, 0.6) is 5.75 Å². The highest BCUT2D eigenvalue weighted by Gasteiger charge is 2.09. The van der Waals surface area contributed by atoms with Crippen molar-refractivity contribution in [2.75, 3.05) is 23.8 Å². The van der Waals surface area contributed by atoms with Crippen LogP contribution < -0.4 is 21.1 Å².